The molecule has 0 unspecified atom stereocenters. The van der Waals surface area contributed by atoms with E-state index in [1.165, 1.54) is 0 Å². The Labute approximate surface area is 68.2 Å². The highest BCUT2D eigenvalue weighted by molar-refractivity contribution is 6.34. The molecular weight excluding hydrogens is 169 g/mol. The van der Waals surface area contributed by atoms with Gasteiger partial charge in [0.1, 0.15) is 19.8 Å². The highest BCUT2D eigenvalue weighted by Gasteiger charge is 2.48. The third-order valence-corrected chi connectivity index (χ3v) is 1.67. The summed E-state index contributed by atoms with van der Waals surface area (Å²) < 4.78 is 8.96. The van der Waals surface area contributed by atoms with E-state index in [2.05, 4.69) is 9.31 Å². The van der Waals surface area contributed by atoms with Crippen molar-refractivity contribution in [2.45, 2.75) is 5.54 Å². The lowest BCUT2D eigenvalue weighted by atomic mass is 10.0. The maximum Gasteiger partial charge on any atom is 0.637 e. The molecule has 1 aliphatic heterocycles. The minimum absolute atomic E-state index is 0.350. The first-order valence-electron chi connectivity index (χ1n) is 3.27. The van der Waals surface area contributed by atoms with Crippen LogP contribution in [-0.2, 0) is 9.31 Å². The lowest BCUT2D eigenvalue weighted by Crippen LogP contribution is -2.56. The Bertz CT molecular complexity index is 178. The molecule has 0 aromatic rings. The van der Waals surface area contributed by atoms with Crippen LogP contribution in [-0.4, -0.2) is 47.7 Å². The van der Waals surface area contributed by atoms with Gasteiger partial charge in [-0.25, -0.2) is 0 Å². The van der Waals surface area contributed by atoms with E-state index in [4.69, 9.17) is 10.1 Å². The lowest BCUT2D eigenvalue weighted by molar-refractivity contribution is -0.582. The van der Waals surface area contributed by atoms with Crippen LogP contribution in [0.25, 0.3) is 0 Å². The molecule has 1 heterocycles. The Kier molecular flexibility index (Phi) is 2.63. The summed E-state index contributed by atoms with van der Waals surface area (Å²) in [5.41, 5.74) is -1.63. The van der Waals surface area contributed by atoms with E-state index in [-0.39, 0.29) is 13.2 Å². The van der Waals surface area contributed by atoms with Crippen molar-refractivity contribution in [2.75, 3.05) is 19.8 Å². The van der Waals surface area contributed by atoms with Gasteiger partial charge in [0, 0.05) is 4.92 Å². The van der Waals surface area contributed by atoms with Gasteiger partial charge in [0.05, 0.1) is 0 Å². The second-order valence-corrected chi connectivity index (χ2v) is 2.57. The van der Waals surface area contributed by atoms with Crippen molar-refractivity contribution < 1.29 is 24.4 Å². The zero-order valence-corrected chi connectivity index (χ0v) is 6.17. The van der Waals surface area contributed by atoms with Crippen LogP contribution in [0.2, 0.25) is 0 Å². The van der Waals surface area contributed by atoms with Crippen LogP contribution in [0, 0.1) is 10.1 Å². The fourth-order valence-corrected chi connectivity index (χ4v) is 0.797. The highest BCUT2D eigenvalue weighted by atomic mass is 16.7. The number of rotatable bonds is 2. The van der Waals surface area contributed by atoms with Gasteiger partial charge in [0.2, 0.25) is 0 Å². The van der Waals surface area contributed by atoms with Crippen LogP contribution in [0.1, 0.15) is 0 Å². The van der Waals surface area contributed by atoms with E-state index < -0.39 is 24.4 Å². The summed E-state index contributed by atoms with van der Waals surface area (Å²) in [5.74, 6) is 0. The molecule has 0 aromatic carbocycles. The van der Waals surface area contributed by atoms with Crippen LogP contribution in [0.5, 0.6) is 0 Å². The Morgan fingerprint density at radius 3 is 2.42 bits per heavy atom. The molecule has 0 saturated carbocycles. The van der Waals surface area contributed by atoms with Gasteiger partial charge in [-0.2, -0.15) is 0 Å². The van der Waals surface area contributed by atoms with E-state index in [0.717, 1.165) is 0 Å². The third-order valence-electron chi connectivity index (χ3n) is 1.67. The number of nitro groups is 1. The van der Waals surface area contributed by atoms with Gasteiger partial charge in [-0.1, -0.05) is 0 Å². The maximum atomic E-state index is 10.4. The number of hydrogen-bond donors (Lipinski definition) is 2. The van der Waals surface area contributed by atoms with Crippen LogP contribution in [0.15, 0.2) is 0 Å². The quantitative estimate of drug-likeness (QED) is 0.287. The van der Waals surface area contributed by atoms with Crippen molar-refractivity contribution in [1.82, 2.24) is 0 Å². The molecule has 12 heavy (non-hydrogen) atoms. The first-order valence-corrected chi connectivity index (χ1v) is 3.27. The van der Waals surface area contributed by atoms with Gasteiger partial charge in [0.15, 0.2) is 0 Å². The molecule has 0 spiro atoms. The summed E-state index contributed by atoms with van der Waals surface area (Å²) >= 11 is 0. The molecule has 68 valence electrons. The molecular formula is C4H8BNO6. The molecule has 2 N–H and O–H groups in total. The van der Waals surface area contributed by atoms with Gasteiger partial charge >= 0.3 is 7.32 Å². The molecule has 8 heteroatoms. The lowest BCUT2D eigenvalue weighted by Gasteiger charge is -2.28. The zero-order valence-electron chi connectivity index (χ0n) is 6.17. The molecule has 0 radical (unpaired) electrons. The van der Waals surface area contributed by atoms with Gasteiger partial charge in [0.25, 0.3) is 5.54 Å². The topological polar surface area (TPSA) is 102 Å². The molecule has 0 amide bonds. The highest BCUT2D eigenvalue weighted by Crippen LogP contribution is 2.15. The third kappa shape index (κ3) is 1.56. The standard InChI is InChI=1S/C4H8BNO6/c7-1-4(6(9)10)2-11-5(8)12-3-4/h7-8H,1-3H2. The summed E-state index contributed by atoms with van der Waals surface area (Å²) in [6, 6.07) is 0. The summed E-state index contributed by atoms with van der Waals surface area (Å²) in [5, 5.41) is 27.8. The monoisotopic (exact) mass is 177 g/mol. The normalized spacial score (nSPS) is 22.3. The number of nitrogens with zero attached hydrogens (tertiary/aromatic N) is 1. The zero-order chi connectivity index (χ0) is 9.19. The molecule has 0 aliphatic carbocycles. The van der Waals surface area contributed by atoms with Crippen molar-refractivity contribution >= 4 is 7.32 Å². The average molecular weight is 177 g/mol. The second kappa shape index (κ2) is 3.36. The summed E-state index contributed by atoms with van der Waals surface area (Å²) in [6.07, 6.45) is 0. The number of hydrogen-bond acceptors (Lipinski definition) is 6. The molecule has 0 atom stereocenters. The molecule has 0 bridgehead atoms. The Morgan fingerprint density at radius 2 is 2.08 bits per heavy atom. The van der Waals surface area contributed by atoms with Crippen LogP contribution in [0.3, 0.4) is 0 Å². The van der Waals surface area contributed by atoms with Crippen molar-refractivity contribution in [1.29, 1.82) is 0 Å². The molecule has 1 rings (SSSR count). The fourth-order valence-electron chi connectivity index (χ4n) is 0.797. The van der Waals surface area contributed by atoms with Crippen molar-refractivity contribution in [3.8, 4) is 0 Å². The molecule has 0 aromatic heterocycles. The molecule has 1 aliphatic rings. The van der Waals surface area contributed by atoms with Crippen LogP contribution >= 0.6 is 0 Å². The SMILES string of the molecule is O=[N+]([O-])C1(CO)COB(O)OC1. The predicted molar refractivity (Wildman–Crippen MR) is 36.7 cm³/mol. The Hall–Kier alpha value is -0.695. The van der Waals surface area contributed by atoms with Crippen molar-refractivity contribution in [2.24, 2.45) is 0 Å². The first kappa shape index (κ1) is 9.39. The van der Waals surface area contributed by atoms with E-state index in [1.807, 2.05) is 0 Å². The van der Waals surface area contributed by atoms with Gasteiger partial charge in [-0.15, -0.1) is 0 Å². The van der Waals surface area contributed by atoms with E-state index in [0.29, 0.717) is 0 Å². The first-order chi connectivity index (χ1) is 5.60. The van der Waals surface area contributed by atoms with Gasteiger partial charge < -0.3 is 19.4 Å². The smallest absolute Gasteiger partial charge is 0.402 e. The van der Waals surface area contributed by atoms with E-state index in [9.17, 15) is 10.1 Å². The maximum absolute atomic E-state index is 10.4. The summed E-state index contributed by atoms with van der Waals surface area (Å²) in [6.45, 7) is -1.37. The average Bonchev–Trinajstić information content (AvgIpc) is 2.06. The minimum Gasteiger partial charge on any atom is -0.402 e. The number of aliphatic hydroxyl groups is 1. The fraction of sp³-hybridized carbons (Fsp3) is 1.00. The van der Waals surface area contributed by atoms with Crippen molar-refractivity contribution in [3.05, 3.63) is 10.1 Å². The second-order valence-electron chi connectivity index (χ2n) is 2.57. The Balaban J connectivity index is 2.63. The molecule has 1 saturated heterocycles. The van der Waals surface area contributed by atoms with E-state index in [1.54, 1.807) is 0 Å². The van der Waals surface area contributed by atoms with Crippen molar-refractivity contribution in [3.63, 3.8) is 0 Å². The predicted octanol–water partition coefficient (Wildman–Crippen LogP) is -1.98. The van der Waals surface area contributed by atoms with Crippen LogP contribution < -0.4 is 0 Å². The molecule has 1 fully saturated rings. The van der Waals surface area contributed by atoms with Gasteiger partial charge in [-0.3, -0.25) is 10.1 Å². The Morgan fingerprint density at radius 1 is 1.58 bits per heavy atom. The van der Waals surface area contributed by atoms with Crippen LogP contribution in [0.4, 0.5) is 0 Å². The summed E-state index contributed by atoms with van der Waals surface area (Å²) in [7, 11) is -1.43. The minimum atomic E-state index is -1.63. The molecule has 7 nitrogen and oxygen atoms in total. The van der Waals surface area contributed by atoms with Gasteiger partial charge in [-0.05, 0) is 0 Å². The van der Waals surface area contributed by atoms with E-state index >= 15 is 0 Å². The number of aliphatic hydroxyl groups excluding tert-OH is 1. The summed E-state index contributed by atoms with van der Waals surface area (Å²) in [4.78, 5) is 9.75. The largest absolute Gasteiger partial charge is 0.637 e.